The maximum Gasteiger partial charge on any atom is 0.223 e. The number of likely N-dealkylation sites (tertiary alicyclic amines) is 1. The van der Waals surface area contributed by atoms with Crippen molar-refractivity contribution in [1.29, 1.82) is 0 Å². The van der Waals surface area contributed by atoms with Gasteiger partial charge in [0.15, 0.2) is 0 Å². The average Bonchev–Trinajstić information content (AvgIpc) is 2.78. The molecule has 0 aromatic carbocycles. The summed E-state index contributed by atoms with van der Waals surface area (Å²) in [5.41, 5.74) is 7.41. The molecule has 2 heterocycles. The first-order valence-electron chi connectivity index (χ1n) is 7.52. The second-order valence-corrected chi connectivity index (χ2v) is 6.24. The Hall–Kier alpha value is -1.36. The minimum absolute atomic E-state index is 0.0198. The fourth-order valence-corrected chi connectivity index (χ4v) is 2.94. The van der Waals surface area contributed by atoms with Gasteiger partial charge in [0.25, 0.3) is 0 Å². The van der Waals surface area contributed by atoms with Gasteiger partial charge in [0.2, 0.25) is 5.91 Å². The Morgan fingerprint density at radius 2 is 2.00 bits per heavy atom. The van der Waals surface area contributed by atoms with E-state index in [-0.39, 0.29) is 24.0 Å². The lowest BCUT2D eigenvalue weighted by Crippen LogP contribution is -2.45. The third kappa shape index (κ3) is 2.87. The minimum atomic E-state index is -0.0579. The Balaban J connectivity index is 2.37. The normalized spacial score (nSPS) is 24.6. The van der Waals surface area contributed by atoms with Crippen molar-refractivity contribution in [1.82, 2.24) is 14.7 Å². The van der Waals surface area contributed by atoms with Gasteiger partial charge in [-0.1, -0.05) is 0 Å². The van der Waals surface area contributed by atoms with Crippen LogP contribution >= 0.6 is 0 Å². The zero-order valence-electron chi connectivity index (χ0n) is 12.9. The summed E-state index contributed by atoms with van der Waals surface area (Å²) in [5.74, 6) is 0.204. The zero-order chi connectivity index (χ0) is 14.9. The van der Waals surface area contributed by atoms with Crippen molar-refractivity contribution in [2.75, 3.05) is 0 Å². The Morgan fingerprint density at radius 1 is 1.30 bits per heavy atom. The smallest absolute Gasteiger partial charge is 0.223 e. The monoisotopic (exact) mass is 278 g/mol. The highest BCUT2D eigenvalue weighted by molar-refractivity contribution is 5.77. The van der Waals surface area contributed by atoms with Crippen molar-refractivity contribution in [3.63, 3.8) is 0 Å². The van der Waals surface area contributed by atoms with Crippen molar-refractivity contribution < 1.29 is 4.79 Å². The molecular formula is C15H26N4O. The lowest BCUT2D eigenvalue weighted by molar-refractivity contribution is -0.135. The van der Waals surface area contributed by atoms with E-state index in [0.717, 1.165) is 18.4 Å². The molecule has 2 N–H and O–H groups in total. The molecule has 20 heavy (non-hydrogen) atoms. The van der Waals surface area contributed by atoms with Gasteiger partial charge in [0, 0.05) is 36.3 Å². The molecule has 2 rings (SSSR count). The maximum atomic E-state index is 12.4. The number of nitrogens with two attached hydrogens (primary N) is 1. The van der Waals surface area contributed by atoms with Crippen molar-refractivity contribution in [3.05, 3.63) is 18.0 Å². The molecule has 0 saturated carbocycles. The molecule has 1 aliphatic rings. The van der Waals surface area contributed by atoms with E-state index in [4.69, 9.17) is 5.73 Å². The molecule has 112 valence electrons. The maximum absolute atomic E-state index is 12.4. The van der Waals surface area contributed by atoms with Crippen LogP contribution in [0.25, 0.3) is 0 Å². The molecule has 1 amide bonds. The third-order valence-electron chi connectivity index (χ3n) is 3.97. The fraction of sp³-hybridized carbons (Fsp3) is 0.733. The van der Waals surface area contributed by atoms with E-state index in [1.54, 1.807) is 0 Å². The van der Waals surface area contributed by atoms with E-state index in [9.17, 15) is 4.79 Å². The molecular weight excluding hydrogens is 252 g/mol. The first-order valence-corrected chi connectivity index (χ1v) is 7.52. The van der Waals surface area contributed by atoms with Gasteiger partial charge < -0.3 is 10.6 Å². The molecule has 1 fully saturated rings. The number of aromatic nitrogens is 2. The molecule has 0 aliphatic carbocycles. The fourth-order valence-electron chi connectivity index (χ4n) is 2.94. The molecule has 0 bridgehead atoms. The van der Waals surface area contributed by atoms with Crippen LogP contribution in [0.1, 0.15) is 64.6 Å². The number of carbonyl (C=O) groups excluding carboxylic acids is 1. The highest BCUT2D eigenvalue weighted by Crippen LogP contribution is 2.31. The van der Waals surface area contributed by atoms with E-state index in [2.05, 4.69) is 32.8 Å². The van der Waals surface area contributed by atoms with Crippen LogP contribution in [0, 0.1) is 0 Å². The van der Waals surface area contributed by atoms with Crippen LogP contribution in [0.15, 0.2) is 12.4 Å². The SMILES string of the molecule is CC(C)N1C(=O)CCCC(N)C1c1cnn(C(C)C)c1. The average molecular weight is 278 g/mol. The number of amides is 1. The summed E-state index contributed by atoms with van der Waals surface area (Å²) in [6, 6.07) is 0.388. The van der Waals surface area contributed by atoms with Gasteiger partial charge in [-0.3, -0.25) is 9.48 Å². The van der Waals surface area contributed by atoms with Gasteiger partial charge >= 0.3 is 0 Å². The second kappa shape index (κ2) is 5.95. The summed E-state index contributed by atoms with van der Waals surface area (Å²) >= 11 is 0. The second-order valence-electron chi connectivity index (χ2n) is 6.24. The standard InChI is InChI=1S/C15H26N4O/c1-10(2)18-9-12(8-17-18)15-13(16)6-5-7-14(20)19(15)11(3)4/h8-11,13,15H,5-7,16H2,1-4H3. The molecule has 0 spiro atoms. The van der Waals surface area contributed by atoms with Crippen LogP contribution in [-0.4, -0.2) is 32.7 Å². The van der Waals surface area contributed by atoms with Crippen molar-refractivity contribution in [2.45, 2.75) is 71.1 Å². The van der Waals surface area contributed by atoms with Gasteiger partial charge in [0.1, 0.15) is 0 Å². The first kappa shape index (κ1) is 15.0. The summed E-state index contributed by atoms with van der Waals surface area (Å²) in [6.07, 6.45) is 6.24. The first-order chi connectivity index (χ1) is 9.41. The minimum Gasteiger partial charge on any atom is -0.332 e. The number of carbonyl (C=O) groups is 1. The Morgan fingerprint density at radius 3 is 2.55 bits per heavy atom. The van der Waals surface area contributed by atoms with Gasteiger partial charge in [-0.15, -0.1) is 0 Å². The summed E-state index contributed by atoms with van der Waals surface area (Å²) in [5, 5.41) is 4.40. The topological polar surface area (TPSA) is 64.2 Å². The van der Waals surface area contributed by atoms with E-state index in [1.165, 1.54) is 0 Å². The van der Waals surface area contributed by atoms with Gasteiger partial charge in [-0.2, -0.15) is 5.10 Å². The molecule has 0 radical (unpaired) electrons. The quantitative estimate of drug-likeness (QED) is 0.922. The Labute approximate surface area is 121 Å². The summed E-state index contributed by atoms with van der Waals surface area (Å²) in [4.78, 5) is 14.3. The third-order valence-corrected chi connectivity index (χ3v) is 3.97. The number of rotatable bonds is 3. The zero-order valence-corrected chi connectivity index (χ0v) is 12.9. The predicted octanol–water partition coefficient (Wildman–Crippen LogP) is 2.25. The van der Waals surface area contributed by atoms with Gasteiger partial charge in [-0.05, 0) is 40.5 Å². The van der Waals surface area contributed by atoms with Gasteiger partial charge in [-0.25, -0.2) is 0 Å². The molecule has 5 nitrogen and oxygen atoms in total. The van der Waals surface area contributed by atoms with Crippen LogP contribution in [0.2, 0.25) is 0 Å². The molecule has 1 aromatic heterocycles. The lowest BCUT2D eigenvalue weighted by Gasteiger charge is -2.36. The van der Waals surface area contributed by atoms with Crippen LogP contribution in [0.4, 0.5) is 0 Å². The molecule has 2 unspecified atom stereocenters. The molecule has 2 atom stereocenters. The Kier molecular flexibility index (Phi) is 4.48. The predicted molar refractivity (Wildman–Crippen MR) is 79.2 cm³/mol. The summed E-state index contributed by atoms with van der Waals surface area (Å²) < 4.78 is 1.93. The highest BCUT2D eigenvalue weighted by atomic mass is 16.2. The van der Waals surface area contributed by atoms with Crippen LogP contribution in [-0.2, 0) is 4.79 Å². The van der Waals surface area contributed by atoms with E-state index < -0.39 is 0 Å². The van der Waals surface area contributed by atoms with Crippen molar-refractivity contribution >= 4 is 5.91 Å². The van der Waals surface area contributed by atoms with Gasteiger partial charge in [0.05, 0.1) is 12.2 Å². The lowest BCUT2D eigenvalue weighted by atomic mass is 9.98. The van der Waals surface area contributed by atoms with E-state index in [0.29, 0.717) is 12.5 Å². The highest BCUT2D eigenvalue weighted by Gasteiger charge is 2.35. The van der Waals surface area contributed by atoms with Crippen molar-refractivity contribution in [3.8, 4) is 0 Å². The summed E-state index contributed by atoms with van der Waals surface area (Å²) in [6.45, 7) is 8.29. The van der Waals surface area contributed by atoms with E-state index >= 15 is 0 Å². The largest absolute Gasteiger partial charge is 0.332 e. The van der Waals surface area contributed by atoms with Crippen LogP contribution in [0.5, 0.6) is 0 Å². The molecule has 1 aromatic rings. The van der Waals surface area contributed by atoms with Crippen LogP contribution < -0.4 is 5.73 Å². The molecule has 1 saturated heterocycles. The number of hydrogen-bond donors (Lipinski definition) is 1. The molecule has 1 aliphatic heterocycles. The Bertz CT molecular complexity index is 466. The molecule has 5 heteroatoms. The number of nitrogens with zero attached hydrogens (tertiary/aromatic N) is 3. The van der Waals surface area contributed by atoms with Crippen LogP contribution in [0.3, 0.4) is 0 Å². The number of hydrogen-bond acceptors (Lipinski definition) is 3. The summed E-state index contributed by atoms with van der Waals surface area (Å²) in [7, 11) is 0. The van der Waals surface area contributed by atoms with E-state index in [1.807, 2.05) is 22.0 Å². The van der Waals surface area contributed by atoms with Crippen molar-refractivity contribution in [2.24, 2.45) is 5.73 Å².